The van der Waals surface area contributed by atoms with Crippen molar-refractivity contribution in [2.75, 3.05) is 14.1 Å². The van der Waals surface area contributed by atoms with E-state index in [1.165, 1.54) is 5.56 Å². The molecule has 18 heavy (non-hydrogen) atoms. The summed E-state index contributed by atoms with van der Waals surface area (Å²) in [4.78, 5) is 6.34. The third-order valence-corrected chi connectivity index (χ3v) is 3.23. The molecular weight excluding hydrogens is 246 g/mol. The lowest BCUT2D eigenvalue weighted by Crippen LogP contribution is -2.10. The number of hydrogen-bond donors (Lipinski definition) is 0. The van der Waals surface area contributed by atoms with Crippen LogP contribution < -0.4 is 0 Å². The minimum absolute atomic E-state index is 0.771. The Morgan fingerprint density at radius 3 is 2.67 bits per heavy atom. The lowest BCUT2D eigenvalue weighted by molar-refractivity contribution is 0.402. The van der Waals surface area contributed by atoms with Gasteiger partial charge in [-0.15, -0.1) is 0 Å². The van der Waals surface area contributed by atoms with Gasteiger partial charge in [0.1, 0.15) is 5.82 Å². The number of benzene rings is 1. The molecule has 3 nitrogen and oxygen atoms in total. The average Bonchev–Trinajstić information content (AvgIpc) is 2.67. The predicted molar refractivity (Wildman–Crippen MR) is 74.9 cm³/mol. The van der Waals surface area contributed by atoms with Crippen molar-refractivity contribution in [3.8, 4) is 0 Å². The topological polar surface area (TPSA) is 21.1 Å². The van der Waals surface area contributed by atoms with E-state index in [-0.39, 0.29) is 0 Å². The Morgan fingerprint density at radius 1 is 1.33 bits per heavy atom. The van der Waals surface area contributed by atoms with Gasteiger partial charge in [-0.3, -0.25) is 0 Å². The molecule has 2 aromatic rings. The van der Waals surface area contributed by atoms with E-state index < -0.39 is 0 Å². The van der Waals surface area contributed by atoms with Gasteiger partial charge in [0.05, 0.1) is 6.54 Å². The highest BCUT2D eigenvalue weighted by Crippen LogP contribution is 2.20. The highest BCUT2D eigenvalue weighted by atomic mass is 35.5. The van der Waals surface area contributed by atoms with Gasteiger partial charge in [-0.25, -0.2) is 4.98 Å². The maximum absolute atomic E-state index is 6.33. The van der Waals surface area contributed by atoms with E-state index in [1.54, 1.807) is 0 Å². The predicted octanol–water partition coefficient (Wildman–Crippen LogP) is 2.95. The third kappa shape index (κ3) is 3.12. The summed E-state index contributed by atoms with van der Waals surface area (Å²) in [5.74, 6) is 1.00. The molecule has 0 bridgehead atoms. The Hall–Kier alpha value is -1.32. The van der Waals surface area contributed by atoms with E-state index in [2.05, 4.69) is 40.7 Å². The van der Waals surface area contributed by atoms with Gasteiger partial charge in [-0.1, -0.05) is 23.7 Å². The van der Waals surface area contributed by atoms with Gasteiger partial charge in [0.15, 0.2) is 0 Å². The molecule has 0 aliphatic carbocycles. The van der Waals surface area contributed by atoms with Gasteiger partial charge in [0.25, 0.3) is 0 Å². The van der Waals surface area contributed by atoms with E-state index in [0.717, 1.165) is 29.5 Å². The molecule has 0 spiro atoms. The van der Waals surface area contributed by atoms with Crippen LogP contribution in [0, 0.1) is 6.92 Å². The highest BCUT2D eigenvalue weighted by molar-refractivity contribution is 6.31. The van der Waals surface area contributed by atoms with Crippen molar-refractivity contribution in [1.29, 1.82) is 0 Å². The van der Waals surface area contributed by atoms with Crippen LogP contribution in [-0.2, 0) is 13.1 Å². The first-order valence-electron chi connectivity index (χ1n) is 5.96. The number of halogens is 1. The summed E-state index contributed by atoms with van der Waals surface area (Å²) in [6, 6.07) is 6.28. The minimum Gasteiger partial charge on any atom is -0.331 e. The molecule has 0 saturated heterocycles. The van der Waals surface area contributed by atoms with Crippen LogP contribution in [0.5, 0.6) is 0 Å². The van der Waals surface area contributed by atoms with Crippen molar-refractivity contribution >= 4 is 11.6 Å². The number of hydrogen-bond acceptors (Lipinski definition) is 2. The van der Waals surface area contributed by atoms with E-state index in [4.69, 9.17) is 11.6 Å². The summed E-state index contributed by atoms with van der Waals surface area (Å²) < 4.78 is 2.09. The van der Waals surface area contributed by atoms with Crippen molar-refractivity contribution < 1.29 is 0 Å². The zero-order valence-corrected chi connectivity index (χ0v) is 11.8. The fourth-order valence-corrected chi connectivity index (χ4v) is 2.20. The van der Waals surface area contributed by atoms with E-state index in [0.29, 0.717) is 0 Å². The second kappa shape index (κ2) is 5.55. The monoisotopic (exact) mass is 263 g/mol. The van der Waals surface area contributed by atoms with Crippen LogP contribution in [0.3, 0.4) is 0 Å². The summed E-state index contributed by atoms with van der Waals surface area (Å²) in [7, 11) is 4.10. The SMILES string of the molecule is Cc1nccn1Cc1ccc(CN(C)C)cc1Cl. The average molecular weight is 264 g/mol. The molecule has 1 heterocycles. The molecule has 0 saturated carbocycles. The molecule has 0 amide bonds. The van der Waals surface area contributed by atoms with Crippen molar-refractivity contribution in [3.63, 3.8) is 0 Å². The fourth-order valence-electron chi connectivity index (χ4n) is 1.94. The van der Waals surface area contributed by atoms with Crippen LogP contribution >= 0.6 is 11.6 Å². The molecule has 1 aromatic carbocycles. The molecule has 4 heteroatoms. The molecule has 0 N–H and O–H groups in total. The quantitative estimate of drug-likeness (QED) is 0.846. The van der Waals surface area contributed by atoms with Crippen molar-refractivity contribution in [2.24, 2.45) is 0 Å². The highest BCUT2D eigenvalue weighted by Gasteiger charge is 2.05. The Balaban J connectivity index is 2.17. The van der Waals surface area contributed by atoms with Crippen LogP contribution in [0.4, 0.5) is 0 Å². The number of aromatic nitrogens is 2. The smallest absolute Gasteiger partial charge is 0.105 e. The molecule has 0 aliphatic heterocycles. The van der Waals surface area contributed by atoms with Crippen LogP contribution in [0.15, 0.2) is 30.6 Å². The lowest BCUT2D eigenvalue weighted by Gasteiger charge is -2.12. The maximum atomic E-state index is 6.33. The summed E-state index contributed by atoms with van der Waals surface area (Å²) in [5, 5.41) is 0.822. The Bertz CT molecular complexity index is 532. The van der Waals surface area contributed by atoms with Gasteiger partial charge in [-0.2, -0.15) is 0 Å². The normalized spacial score (nSPS) is 11.2. The largest absolute Gasteiger partial charge is 0.331 e. The first kappa shape index (κ1) is 13.1. The second-order valence-corrected chi connectivity index (χ2v) is 5.17. The van der Waals surface area contributed by atoms with Gasteiger partial charge in [-0.05, 0) is 38.2 Å². The first-order chi connectivity index (χ1) is 8.56. The van der Waals surface area contributed by atoms with E-state index >= 15 is 0 Å². The van der Waals surface area contributed by atoms with Crippen LogP contribution in [-0.4, -0.2) is 28.5 Å². The summed E-state index contributed by atoms with van der Waals surface area (Å²) in [5.41, 5.74) is 2.36. The molecule has 0 atom stereocenters. The van der Waals surface area contributed by atoms with E-state index in [9.17, 15) is 0 Å². The first-order valence-corrected chi connectivity index (χ1v) is 6.34. The minimum atomic E-state index is 0.771. The molecule has 0 radical (unpaired) electrons. The van der Waals surface area contributed by atoms with Crippen LogP contribution in [0.25, 0.3) is 0 Å². The Morgan fingerprint density at radius 2 is 2.11 bits per heavy atom. The Labute approximate surface area is 113 Å². The van der Waals surface area contributed by atoms with Gasteiger partial charge < -0.3 is 9.47 Å². The molecule has 0 unspecified atom stereocenters. The van der Waals surface area contributed by atoms with Crippen LogP contribution in [0.1, 0.15) is 17.0 Å². The summed E-state index contributed by atoms with van der Waals surface area (Å²) >= 11 is 6.33. The van der Waals surface area contributed by atoms with Crippen molar-refractivity contribution in [2.45, 2.75) is 20.0 Å². The molecule has 1 aromatic heterocycles. The standard InChI is InChI=1S/C14H18ClN3/c1-11-16-6-7-18(11)10-13-5-4-12(8-14(13)15)9-17(2)3/h4-8H,9-10H2,1-3H3. The number of nitrogens with zero attached hydrogens (tertiary/aromatic N) is 3. The maximum Gasteiger partial charge on any atom is 0.105 e. The zero-order valence-electron chi connectivity index (χ0n) is 11.0. The fraction of sp³-hybridized carbons (Fsp3) is 0.357. The molecule has 0 aliphatic rings. The lowest BCUT2D eigenvalue weighted by atomic mass is 10.1. The number of rotatable bonds is 4. The van der Waals surface area contributed by atoms with Crippen molar-refractivity contribution in [1.82, 2.24) is 14.5 Å². The van der Waals surface area contributed by atoms with Gasteiger partial charge in [0, 0.05) is 24.0 Å². The van der Waals surface area contributed by atoms with Gasteiger partial charge in [0.2, 0.25) is 0 Å². The van der Waals surface area contributed by atoms with Gasteiger partial charge >= 0.3 is 0 Å². The van der Waals surface area contributed by atoms with Crippen LogP contribution in [0.2, 0.25) is 5.02 Å². The number of imidazole rings is 1. The van der Waals surface area contributed by atoms with E-state index in [1.807, 2.05) is 25.4 Å². The molecular formula is C14H18ClN3. The number of aryl methyl sites for hydroxylation is 1. The molecule has 96 valence electrons. The zero-order chi connectivity index (χ0) is 13.1. The summed E-state index contributed by atoms with van der Waals surface area (Å²) in [6.07, 6.45) is 3.78. The Kier molecular flexibility index (Phi) is 4.04. The molecule has 0 fully saturated rings. The summed E-state index contributed by atoms with van der Waals surface area (Å²) in [6.45, 7) is 3.67. The third-order valence-electron chi connectivity index (χ3n) is 2.88. The molecule has 2 rings (SSSR count). The van der Waals surface area contributed by atoms with Crippen molar-refractivity contribution in [3.05, 3.63) is 52.6 Å². The second-order valence-electron chi connectivity index (χ2n) is 4.77.